The number of nitrogens with zero attached hydrogens (tertiary/aromatic N) is 2. The molecule has 0 saturated heterocycles. The van der Waals surface area contributed by atoms with Gasteiger partial charge >= 0.3 is 5.79 Å². The maximum Gasteiger partial charge on any atom is 0.562 e. The number of nitrogens with one attached hydrogen (secondary N) is 1. The lowest BCUT2D eigenvalue weighted by atomic mass is 10.2. The van der Waals surface area contributed by atoms with Crippen LogP contribution in [0.3, 0.4) is 0 Å². The van der Waals surface area contributed by atoms with Gasteiger partial charge in [0.15, 0.2) is 0 Å². The first-order chi connectivity index (χ1) is 5.59. The van der Waals surface area contributed by atoms with E-state index >= 15 is 0 Å². The largest absolute Gasteiger partial charge is 0.562 e. The van der Waals surface area contributed by atoms with Crippen LogP contribution in [0.25, 0.3) is 0 Å². The van der Waals surface area contributed by atoms with Crippen LogP contribution in [-0.2, 0) is 0 Å². The average molecular weight is 171 g/mol. The third-order valence-electron chi connectivity index (χ3n) is 1.39. The molecule has 0 fully saturated rings. The summed E-state index contributed by atoms with van der Waals surface area (Å²) >= 11 is 0. The van der Waals surface area contributed by atoms with Crippen molar-refractivity contribution < 1.29 is 9.85 Å². The van der Waals surface area contributed by atoms with Crippen molar-refractivity contribution in [3.63, 3.8) is 0 Å². The van der Waals surface area contributed by atoms with Crippen LogP contribution < -0.4 is 5.32 Å². The molecule has 1 heterocycles. The van der Waals surface area contributed by atoms with Crippen molar-refractivity contribution in [2.75, 3.05) is 0 Å². The van der Waals surface area contributed by atoms with Gasteiger partial charge in [0.05, 0.1) is 6.08 Å². The molecule has 0 saturated carbocycles. The summed E-state index contributed by atoms with van der Waals surface area (Å²) in [4.78, 5) is 18.7. The van der Waals surface area contributed by atoms with Crippen LogP contribution in [0, 0.1) is 20.2 Å². The lowest BCUT2D eigenvalue weighted by Gasteiger charge is -2.14. The number of allylic oxidation sites excluding steroid dienone is 2. The molecule has 1 N–H and O–H groups in total. The van der Waals surface area contributed by atoms with Gasteiger partial charge in [0.1, 0.15) is 9.85 Å². The predicted molar refractivity (Wildman–Crippen MR) is 38.1 cm³/mol. The first-order valence-electron chi connectivity index (χ1n) is 3.00. The number of hydrogen-bond acceptors (Lipinski definition) is 5. The third-order valence-corrected chi connectivity index (χ3v) is 1.39. The van der Waals surface area contributed by atoms with E-state index < -0.39 is 15.6 Å². The number of dihydropyridines is 1. The molecule has 0 aliphatic carbocycles. The highest BCUT2D eigenvalue weighted by molar-refractivity contribution is 5.12. The molecule has 1 aliphatic heterocycles. The lowest BCUT2D eigenvalue weighted by molar-refractivity contribution is -0.787. The summed E-state index contributed by atoms with van der Waals surface area (Å²) < 4.78 is 0. The van der Waals surface area contributed by atoms with E-state index in [4.69, 9.17) is 0 Å². The minimum absolute atomic E-state index is 0.882. The fraction of sp³-hybridized carbons (Fsp3) is 0.200. The van der Waals surface area contributed by atoms with Crippen LogP contribution in [0.15, 0.2) is 24.4 Å². The second-order valence-corrected chi connectivity index (χ2v) is 2.10. The SMILES string of the molecule is O=[N+]([O-])C1([N+](=O)[O-])C=CC=CN1. The molecule has 0 unspecified atom stereocenters. The monoisotopic (exact) mass is 171 g/mol. The minimum Gasteiger partial charge on any atom is -0.261 e. The van der Waals surface area contributed by atoms with Gasteiger partial charge in [-0.15, -0.1) is 0 Å². The smallest absolute Gasteiger partial charge is 0.261 e. The Bertz CT molecular complexity index is 268. The van der Waals surface area contributed by atoms with Crippen LogP contribution in [-0.4, -0.2) is 15.6 Å². The Kier molecular flexibility index (Phi) is 1.78. The first-order valence-corrected chi connectivity index (χ1v) is 3.00. The molecule has 0 aromatic carbocycles. The summed E-state index contributed by atoms with van der Waals surface area (Å²) in [5, 5.41) is 22.7. The third kappa shape index (κ3) is 1.00. The van der Waals surface area contributed by atoms with Crippen LogP contribution in [0.4, 0.5) is 0 Å². The van der Waals surface area contributed by atoms with Gasteiger partial charge in [0, 0.05) is 6.20 Å². The summed E-state index contributed by atoms with van der Waals surface area (Å²) in [6.07, 6.45) is 4.73. The standard InChI is InChI=1S/C5H5N3O4/c9-7(10)5(8(11)12)3-1-2-4-6-5/h1-4,6H. The molecule has 1 aliphatic rings. The van der Waals surface area contributed by atoms with Crippen LogP contribution in [0.5, 0.6) is 0 Å². The van der Waals surface area contributed by atoms with Gasteiger partial charge in [-0.05, 0) is 12.2 Å². The Morgan fingerprint density at radius 1 is 1.17 bits per heavy atom. The highest BCUT2D eigenvalue weighted by Crippen LogP contribution is 2.11. The normalized spacial score (nSPS) is 18.3. The Morgan fingerprint density at radius 2 is 1.75 bits per heavy atom. The van der Waals surface area contributed by atoms with Crippen molar-refractivity contribution in [3.05, 3.63) is 44.7 Å². The molecule has 7 heteroatoms. The lowest BCUT2D eigenvalue weighted by Crippen LogP contribution is -2.55. The number of rotatable bonds is 2. The Morgan fingerprint density at radius 3 is 2.00 bits per heavy atom. The van der Waals surface area contributed by atoms with Crippen molar-refractivity contribution in [3.8, 4) is 0 Å². The quantitative estimate of drug-likeness (QED) is 0.354. The van der Waals surface area contributed by atoms with E-state index in [1.165, 1.54) is 12.2 Å². The van der Waals surface area contributed by atoms with Crippen LogP contribution in [0.2, 0.25) is 0 Å². The summed E-state index contributed by atoms with van der Waals surface area (Å²) in [5.74, 6) is -2.39. The molecule has 0 radical (unpaired) electrons. The molecule has 0 aromatic rings. The van der Waals surface area contributed by atoms with Crippen molar-refractivity contribution in [2.24, 2.45) is 0 Å². The van der Waals surface area contributed by atoms with Crippen molar-refractivity contribution in [2.45, 2.75) is 5.79 Å². The van der Waals surface area contributed by atoms with E-state index in [1.807, 2.05) is 0 Å². The summed E-state index contributed by atoms with van der Waals surface area (Å²) in [5.41, 5.74) is 0. The summed E-state index contributed by atoms with van der Waals surface area (Å²) in [7, 11) is 0. The van der Waals surface area contributed by atoms with Gasteiger partial charge < -0.3 is 0 Å². The average Bonchev–Trinajstić information content (AvgIpc) is 2.05. The highest BCUT2D eigenvalue weighted by Gasteiger charge is 2.53. The maximum atomic E-state index is 10.3. The highest BCUT2D eigenvalue weighted by atomic mass is 16.7. The minimum atomic E-state index is -2.39. The van der Waals surface area contributed by atoms with Crippen molar-refractivity contribution in [1.82, 2.24) is 5.32 Å². The van der Waals surface area contributed by atoms with Gasteiger partial charge in [-0.2, -0.15) is 0 Å². The second-order valence-electron chi connectivity index (χ2n) is 2.10. The molecule has 0 aromatic heterocycles. The van der Waals surface area contributed by atoms with Gasteiger partial charge in [-0.25, -0.2) is 0 Å². The van der Waals surface area contributed by atoms with E-state index in [9.17, 15) is 20.2 Å². The van der Waals surface area contributed by atoms with E-state index in [1.54, 1.807) is 0 Å². The van der Waals surface area contributed by atoms with Gasteiger partial charge in [0.2, 0.25) is 0 Å². The fourth-order valence-electron chi connectivity index (χ4n) is 0.758. The van der Waals surface area contributed by atoms with E-state index in [0.29, 0.717) is 0 Å². The van der Waals surface area contributed by atoms with Gasteiger partial charge in [0.25, 0.3) is 0 Å². The first kappa shape index (κ1) is 8.18. The number of hydrogen-bond donors (Lipinski definition) is 1. The fourth-order valence-corrected chi connectivity index (χ4v) is 0.758. The molecule has 64 valence electrons. The van der Waals surface area contributed by atoms with Crippen LogP contribution >= 0.6 is 0 Å². The van der Waals surface area contributed by atoms with Crippen molar-refractivity contribution >= 4 is 0 Å². The summed E-state index contributed by atoms with van der Waals surface area (Å²) in [6, 6.07) is 0. The van der Waals surface area contributed by atoms with E-state index in [-0.39, 0.29) is 0 Å². The zero-order valence-corrected chi connectivity index (χ0v) is 5.84. The second kappa shape index (κ2) is 2.61. The Hall–Kier alpha value is -1.92. The maximum absolute atomic E-state index is 10.3. The molecular formula is C5H5N3O4. The predicted octanol–water partition coefficient (Wildman–Crippen LogP) is -0.133. The zero-order chi connectivity index (χ0) is 9.19. The molecule has 0 spiro atoms. The number of nitro groups is 2. The molecular weight excluding hydrogens is 166 g/mol. The zero-order valence-electron chi connectivity index (χ0n) is 5.84. The van der Waals surface area contributed by atoms with Crippen molar-refractivity contribution in [1.29, 1.82) is 0 Å². The molecule has 1 rings (SSSR count). The van der Waals surface area contributed by atoms with Crippen LogP contribution in [0.1, 0.15) is 0 Å². The topological polar surface area (TPSA) is 98.3 Å². The Labute approximate surface area is 66.7 Å². The molecule has 0 atom stereocenters. The summed E-state index contributed by atoms with van der Waals surface area (Å²) in [6.45, 7) is 0. The van der Waals surface area contributed by atoms with E-state index in [0.717, 1.165) is 12.3 Å². The van der Waals surface area contributed by atoms with Gasteiger partial charge in [-0.3, -0.25) is 25.5 Å². The molecule has 0 bridgehead atoms. The Balaban J connectivity index is 3.04. The van der Waals surface area contributed by atoms with E-state index in [2.05, 4.69) is 5.32 Å². The molecule has 0 amide bonds. The molecule has 7 nitrogen and oxygen atoms in total. The molecule has 12 heavy (non-hydrogen) atoms. The van der Waals surface area contributed by atoms with Gasteiger partial charge in [-0.1, -0.05) is 0 Å².